The van der Waals surface area contributed by atoms with Crippen molar-refractivity contribution in [2.24, 2.45) is 0 Å². The Bertz CT molecular complexity index is 3840. The van der Waals surface area contributed by atoms with Gasteiger partial charge in [-0.15, -0.1) is 0 Å². The van der Waals surface area contributed by atoms with Crippen LogP contribution >= 0.6 is 34.8 Å². The molecule has 2 aliphatic rings. The fourth-order valence-corrected chi connectivity index (χ4v) is 9.10. The van der Waals surface area contributed by atoms with E-state index in [0.717, 1.165) is 25.8 Å². The number of aromatic amines is 2. The fourth-order valence-electron chi connectivity index (χ4n) is 8.44. The summed E-state index contributed by atoms with van der Waals surface area (Å²) >= 11 is 18.0. The van der Waals surface area contributed by atoms with E-state index in [9.17, 15) is 28.0 Å². The number of nitrogens with one attached hydrogen (secondary N) is 3. The third-order valence-corrected chi connectivity index (χ3v) is 12.4. The Labute approximate surface area is 399 Å². The lowest BCUT2D eigenvalue weighted by atomic mass is 10.2. The molecule has 8 aromatic heterocycles. The number of H-pyrrole nitrogens is 2. The highest BCUT2D eigenvalue weighted by atomic mass is 35.5. The average Bonchev–Trinajstić information content (AvgIpc) is 4.18. The molecule has 0 radical (unpaired) electrons. The van der Waals surface area contributed by atoms with E-state index in [1.807, 2.05) is 4.90 Å². The molecular formula is C44H33Cl3F2N16O4. The van der Waals surface area contributed by atoms with Crippen molar-refractivity contribution >= 4 is 73.7 Å². The predicted octanol–water partition coefficient (Wildman–Crippen LogP) is 5.71. The SMILES string of the molecule is O=c1[nH]cnc2ncnc(Cl)c12.O=c1[nH]cnc2ncnc(N3CCC[C@H]3c3nn4ccc(Cl)c4c(=O)n3-c3cccc(F)c3)c12.O=c1c2c(Cl)ccn2nc([C@@H]2CCCN2)n1-c1cccc(F)c1. The minimum atomic E-state index is -0.487. The monoisotopic (exact) mass is 992 g/mol. The van der Waals surface area contributed by atoms with E-state index in [2.05, 4.69) is 50.3 Å². The molecule has 2 aromatic carbocycles. The van der Waals surface area contributed by atoms with Crippen LogP contribution in [-0.4, -0.2) is 81.3 Å². The Balaban J connectivity index is 0.000000135. The molecule has 25 heteroatoms. The van der Waals surface area contributed by atoms with Crippen LogP contribution in [0, 0.1) is 11.6 Å². The number of anilines is 1. The van der Waals surface area contributed by atoms with Crippen molar-refractivity contribution in [1.82, 2.24) is 73.6 Å². The Hall–Kier alpha value is -7.79. The molecule has 2 saturated heterocycles. The normalized spacial score (nSPS) is 15.7. The number of benzene rings is 2. The van der Waals surface area contributed by atoms with E-state index in [1.54, 1.807) is 42.7 Å². The van der Waals surface area contributed by atoms with Gasteiger partial charge in [0.1, 0.15) is 57.1 Å². The van der Waals surface area contributed by atoms with Gasteiger partial charge in [-0.1, -0.05) is 46.9 Å². The second-order valence-electron chi connectivity index (χ2n) is 15.6. The number of rotatable bonds is 5. The van der Waals surface area contributed by atoms with Crippen molar-refractivity contribution in [2.75, 3.05) is 18.0 Å². The van der Waals surface area contributed by atoms with Gasteiger partial charge in [0.2, 0.25) is 0 Å². The lowest BCUT2D eigenvalue weighted by Gasteiger charge is -2.27. The first-order chi connectivity index (χ1) is 33.5. The van der Waals surface area contributed by atoms with Crippen LogP contribution in [0.25, 0.3) is 44.5 Å². The van der Waals surface area contributed by atoms with Gasteiger partial charge in [0.15, 0.2) is 22.9 Å². The molecule has 69 heavy (non-hydrogen) atoms. The van der Waals surface area contributed by atoms with E-state index in [4.69, 9.17) is 39.9 Å². The molecule has 3 N–H and O–H groups in total. The summed E-state index contributed by atoms with van der Waals surface area (Å²) in [5.74, 6) is 0.450. The molecule has 2 aliphatic heterocycles. The smallest absolute Gasteiger partial charge is 0.284 e. The Kier molecular flexibility index (Phi) is 12.2. The van der Waals surface area contributed by atoms with E-state index >= 15 is 0 Å². The highest BCUT2D eigenvalue weighted by molar-refractivity contribution is 6.34. The van der Waals surface area contributed by atoms with E-state index < -0.39 is 23.2 Å². The first-order valence-electron chi connectivity index (χ1n) is 21.1. The van der Waals surface area contributed by atoms with E-state index in [-0.39, 0.29) is 60.3 Å². The molecule has 20 nitrogen and oxygen atoms in total. The highest BCUT2D eigenvalue weighted by Crippen LogP contribution is 2.37. The Morgan fingerprint density at radius 1 is 0.623 bits per heavy atom. The number of nitrogens with zero attached hydrogens (tertiary/aromatic N) is 13. The maximum atomic E-state index is 14.1. The molecule has 10 heterocycles. The molecule has 0 amide bonds. The van der Waals surface area contributed by atoms with Crippen LogP contribution in [0.15, 0.2) is 118 Å². The summed E-state index contributed by atoms with van der Waals surface area (Å²) in [7, 11) is 0. The van der Waals surface area contributed by atoms with Crippen LogP contribution in [0.5, 0.6) is 0 Å². The number of hydrogen-bond acceptors (Lipinski definition) is 14. The van der Waals surface area contributed by atoms with Gasteiger partial charge in [0, 0.05) is 18.9 Å². The number of fused-ring (bicyclic) bond motifs is 4. The van der Waals surface area contributed by atoms with Crippen molar-refractivity contribution in [3.63, 3.8) is 0 Å². The van der Waals surface area contributed by atoms with Gasteiger partial charge in [0.05, 0.1) is 46.2 Å². The second-order valence-corrected chi connectivity index (χ2v) is 16.8. The van der Waals surface area contributed by atoms with Crippen LogP contribution in [0.4, 0.5) is 14.6 Å². The summed E-state index contributed by atoms with van der Waals surface area (Å²) in [5, 5.41) is 13.8. The number of aromatic nitrogens is 14. The highest BCUT2D eigenvalue weighted by Gasteiger charge is 2.34. The summed E-state index contributed by atoms with van der Waals surface area (Å²) in [6.07, 6.45) is 11.7. The van der Waals surface area contributed by atoms with E-state index in [0.29, 0.717) is 52.5 Å². The molecule has 0 unspecified atom stereocenters. The lowest BCUT2D eigenvalue weighted by Crippen LogP contribution is -2.34. The van der Waals surface area contributed by atoms with Crippen molar-refractivity contribution in [2.45, 2.75) is 37.8 Å². The average molecular weight is 994 g/mol. The summed E-state index contributed by atoms with van der Waals surface area (Å²) < 4.78 is 33.5. The molecule has 2 fully saturated rings. The minimum Gasteiger partial charge on any atom is -0.345 e. The largest absolute Gasteiger partial charge is 0.345 e. The van der Waals surface area contributed by atoms with Crippen molar-refractivity contribution in [3.8, 4) is 11.4 Å². The Morgan fingerprint density at radius 3 is 1.77 bits per heavy atom. The van der Waals surface area contributed by atoms with Crippen LogP contribution in [-0.2, 0) is 0 Å². The molecule has 10 aromatic rings. The molecule has 0 bridgehead atoms. The topological polar surface area (TPSA) is 237 Å². The molecule has 0 aliphatic carbocycles. The number of halogens is 5. The molecule has 348 valence electrons. The lowest BCUT2D eigenvalue weighted by molar-refractivity contribution is 0.558. The zero-order chi connectivity index (χ0) is 47.9. The number of hydrogen-bond donors (Lipinski definition) is 3. The van der Waals surface area contributed by atoms with Crippen molar-refractivity contribution in [3.05, 3.63) is 178 Å². The third kappa shape index (κ3) is 8.47. The van der Waals surface area contributed by atoms with Crippen molar-refractivity contribution in [1.29, 1.82) is 0 Å². The van der Waals surface area contributed by atoms with Gasteiger partial charge in [-0.2, -0.15) is 10.2 Å². The van der Waals surface area contributed by atoms with Crippen molar-refractivity contribution < 1.29 is 8.78 Å². The zero-order valence-corrected chi connectivity index (χ0v) is 37.7. The fraction of sp³-hybridized carbons (Fsp3) is 0.182. The zero-order valence-electron chi connectivity index (χ0n) is 35.5. The van der Waals surface area contributed by atoms with Crippen LogP contribution in [0.2, 0.25) is 15.2 Å². The summed E-state index contributed by atoms with van der Waals surface area (Å²) in [6, 6.07) is 14.4. The van der Waals surface area contributed by atoms with Gasteiger partial charge in [0.25, 0.3) is 22.2 Å². The summed E-state index contributed by atoms with van der Waals surface area (Å²) in [5.41, 5.74) is 0.400. The van der Waals surface area contributed by atoms with Gasteiger partial charge >= 0.3 is 0 Å². The standard InChI is InChI=1S/C22H16ClFN8O2.C16H14ClFN4O.C6H3ClN4O/c23-14-6-8-31-17(14)22(34)32(13-4-1-3-12(24)9-13)19(29-31)15-5-2-7-30(15)20-16-18(25-10-27-20)26-11-28-21(16)33;17-12-6-8-21-14(12)16(23)22(11-4-1-3-10(18)9-11)15(20-21)13-5-2-7-19-13;7-4-3-5(9-1-8-4)10-2-11-6(3)12/h1,3-4,6,8-11,15H,2,5,7H2,(H,25,26,27,28,33);1,3-4,6,8-9,13,19H,2,5,7H2;1-2H,(H,8,9,10,11,12)/t15-;13-;/m00./s1. The van der Waals surface area contributed by atoms with E-state index in [1.165, 1.54) is 73.8 Å². The molecule has 2 atom stereocenters. The maximum Gasteiger partial charge on any atom is 0.284 e. The van der Waals surface area contributed by atoms with Gasteiger partial charge in [-0.05, 0) is 80.8 Å². The Morgan fingerprint density at radius 2 is 1.19 bits per heavy atom. The van der Waals surface area contributed by atoms with Gasteiger partial charge < -0.3 is 20.2 Å². The summed E-state index contributed by atoms with van der Waals surface area (Å²) in [4.78, 5) is 81.1. The van der Waals surface area contributed by atoms with Crippen LogP contribution in [0.3, 0.4) is 0 Å². The second kappa shape index (κ2) is 18.7. The van der Waals surface area contributed by atoms with Gasteiger partial charge in [-0.3, -0.25) is 28.3 Å². The molecule has 12 rings (SSSR count). The molecular weight excluding hydrogens is 961 g/mol. The minimum absolute atomic E-state index is 0.0449. The predicted molar refractivity (Wildman–Crippen MR) is 252 cm³/mol. The first kappa shape index (κ1) is 45.0. The first-order valence-corrected chi connectivity index (χ1v) is 22.2. The summed E-state index contributed by atoms with van der Waals surface area (Å²) in [6.45, 7) is 1.43. The van der Waals surface area contributed by atoms with Crippen LogP contribution in [0.1, 0.15) is 49.4 Å². The molecule has 0 spiro atoms. The quantitative estimate of drug-likeness (QED) is 0.175. The van der Waals surface area contributed by atoms with Gasteiger partial charge in [-0.25, -0.2) is 47.7 Å². The van der Waals surface area contributed by atoms with Crippen LogP contribution < -0.4 is 32.5 Å². The molecule has 0 saturated carbocycles. The maximum absolute atomic E-state index is 14.1. The third-order valence-electron chi connectivity index (χ3n) is 11.5.